The van der Waals surface area contributed by atoms with Gasteiger partial charge in [0.15, 0.2) is 5.82 Å². The zero-order chi connectivity index (χ0) is 17.8. The fraction of sp³-hybridized carbons (Fsp3) is 0.222. The zero-order valence-corrected chi connectivity index (χ0v) is 14.3. The first-order chi connectivity index (χ1) is 12.1. The summed E-state index contributed by atoms with van der Waals surface area (Å²) >= 11 is 0. The molecule has 0 atom stereocenters. The van der Waals surface area contributed by atoms with Crippen molar-refractivity contribution < 1.29 is 9.32 Å². The summed E-state index contributed by atoms with van der Waals surface area (Å²) in [5.41, 5.74) is 3.19. The SMILES string of the molecule is CCc1cccc(C)c1NC(=O)c1cc(Nc2cc(C)on2)ncn1. The Morgan fingerprint density at radius 3 is 2.72 bits per heavy atom. The van der Waals surface area contributed by atoms with Gasteiger partial charge in [-0.25, -0.2) is 9.97 Å². The lowest BCUT2D eigenvalue weighted by Gasteiger charge is -2.12. The molecule has 1 aromatic carbocycles. The average molecular weight is 337 g/mol. The summed E-state index contributed by atoms with van der Waals surface area (Å²) in [5.74, 6) is 1.38. The van der Waals surface area contributed by atoms with E-state index in [0.717, 1.165) is 23.2 Å². The molecule has 1 amide bonds. The fourth-order valence-corrected chi connectivity index (χ4v) is 2.49. The van der Waals surface area contributed by atoms with Crippen LogP contribution in [0.3, 0.4) is 0 Å². The lowest BCUT2D eigenvalue weighted by Crippen LogP contribution is -2.16. The summed E-state index contributed by atoms with van der Waals surface area (Å²) in [7, 11) is 0. The average Bonchev–Trinajstić information content (AvgIpc) is 3.01. The van der Waals surface area contributed by atoms with Crippen LogP contribution in [-0.2, 0) is 6.42 Å². The molecule has 0 fully saturated rings. The molecule has 128 valence electrons. The van der Waals surface area contributed by atoms with Gasteiger partial charge in [-0.05, 0) is 31.4 Å². The topological polar surface area (TPSA) is 92.9 Å². The summed E-state index contributed by atoms with van der Waals surface area (Å²) in [6, 6.07) is 9.26. The van der Waals surface area contributed by atoms with Crippen molar-refractivity contribution in [2.24, 2.45) is 0 Å². The van der Waals surface area contributed by atoms with Crippen LogP contribution in [0.25, 0.3) is 0 Å². The summed E-state index contributed by atoms with van der Waals surface area (Å²) in [4.78, 5) is 20.7. The summed E-state index contributed by atoms with van der Waals surface area (Å²) < 4.78 is 5.00. The molecule has 2 aromatic heterocycles. The van der Waals surface area contributed by atoms with Crippen LogP contribution >= 0.6 is 0 Å². The highest BCUT2D eigenvalue weighted by atomic mass is 16.5. The van der Waals surface area contributed by atoms with E-state index in [-0.39, 0.29) is 11.6 Å². The maximum absolute atomic E-state index is 12.6. The van der Waals surface area contributed by atoms with Gasteiger partial charge in [0.2, 0.25) is 0 Å². The molecule has 0 spiro atoms. The van der Waals surface area contributed by atoms with Gasteiger partial charge in [0, 0.05) is 17.8 Å². The highest BCUT2D eigenvalue weighted by Gasteiger charge is 2.13. The Morgan fingerprint density at radius 2 is 2.00 bits per heavy atom. The monoisotopic (exact) mass is 337 g/mol. The quantitative estimate of drug-likeness (QED) is 0.738. The third kappa shape index (κ3) is 3.82. The number of para-hydroxylation sites is 1. The third-order valence-electron chi connectivity index (χ3n) is 3.76. The molecular formula is C18H19N5O2. The maximum atomic E-state index is 12.6. The van der Waals surface area contributed by atoms with E-state index in [1.165, 1.54) is 6.33 Å². The Labute approximate surface area is 145 Å². The normalized spacial score (nSPS) is 10.5. The number of hydrogen-bond donors (Lipinski definition) is 2. The third-order valence-corrected chi connectivity index (χ3v) is 3.76. The second-order valence-electron chi connectivity index (χ2n) is 5.65. The van der Waals surface area contributed by atoms with Gasteiger partial charge in [0.25, 0.3) is 5.91 Å². The van der Waals surface area contributed by atoms with Crippen LogP contribution < -0.4 is 10.6 Å². The largest absolute Gasteiger partial charge is 0.360 e. The van der Waals surface area contributed by atoms with Gasteiger partial charge in [-0.1, -0.05) is 30.3 Å². The lowest BCUT2D eigenvalue weighted by molar-refractivity contribution is 0.102. The van der Waals surface area contributed by atoms with E-state index in [1.54, 1.807) is 19.1 Å². The molecule has 25 heavy (non-hydrogen) atoms. The molecule has 0 bridgehead atoms. The molecule has 0 aliphatic rings. The maximum Gasteiger partial charge on any atom is 0.274 e. The van der Waals surface area contributed by atoms with Crippen molar-refractivity contribution in [2.45, 2.75) is 27.2 Å². The fourth-order valence-electron chi connectivity index (χ4n) is 2.49. The van der Waals surface area contributed by atoms with Crippen molar-refractivity contribution in [2.75, 3.05) is 10.6 Å². The van der Waals surface area contributed by atoms with Crippen LogP contribution in [0.5, 0.6) is 0 Å². The number of nitrogens with one attached hydrogen (secondary N) is 2. The van der Waals surface area contributed by atoms with Crippen LogP contribution in [0.4, 0.5) is 17.3 Å². The van der Waals surface area contributed by atoms with Crippen molar-refractivity contribution >= 4 is 23.2 Å². The number of aryl methyl sites for hydroxylation is 3. The second kappa shape index (κ2) is 7.12. The van der Waals surface area contributed by atoms with Crippen LogP contribution in [0, 0.1) is 13.8 Å². The van der Waals surface area contributed by atoms with Crippen LogP contribution in [-0.4, -0.2) is 21.0 Å². The first-order valence-corrected chi connectivity index (χ1v) is 7.99. The standard InChI is InChI=1S/C18H19N5O2/c1-4-13-7-5-6-11(2)17(13)22-18(24)14-9-15(20-10-19-14)21-16-8-12(3)25-23-16/h5-10H,4H2,1-3H3,(H,22,24)(H,19,20,21,23). The molecule has 2 N–H and O–H groups in total. The van der Waals surface area contributed by atoms with Crippen LogP contribution in [0.1, 0.15) is 34.3 Å². The summed E-state index contributed by atoms with van der Waals surface area (Å²) in [6.07, 6.45) is 2.17. The molecule has 7 nitrogen and oxygen atoms in total. The van der Waals surface area contributed by atoms with E-state index >= 15 is 0 Å². The van der Waals surface area contributed by atoms with E-state index in [0.29, 0.717) is 17.4 Å². The smallest absolute Gasteiger partial charge is 0.274 e. The number of rotatable bonds is 5. The Kier molecular flexibility index (Phi) is 4.74. The highest BCUT2D eigenvalue weighted by molar-refractivity contribution is 6.04. The minimum absolute atomic E-state index is 0.267. The molecule has 2 heterocycles. The predicted octanol–water partition coefficient (Wildman–Crippen LogP) is 3.64. The van der Waals surface area contributed by atoms with Crippen molar-refractivity contribution in [3.8, 4) is 0 Å². The minimum Gasteiger partial charge on any atom is -0.360 e. The van der Waals surface area contributed by atoms with Gasteiger partial charge in [-0.2, -0.15) is 0 Å². The number of carbonyl (C=O) groups is 1. The minimum atomic E-state index is -0.286. The van der Waals surface area contributed by atoms with Gasteiger partial charge >= 0.3 is 0 Å². The van der Waals surface area contributed by atoms with Crippen LogP contribution in [0.15, 0.2) is 41.2 Å². The molecule has 0 aliphatic carbocycles. The van der Waals surface area contributed by atoms with Crippen molar-refractivity contribution in [1.82, 2.24) is 15.1 Å². The van der Waals surface area contributed by atoms with Gasteiger partial charge in [-0.3, -0.25) is 4.79 Å². The number of carbonyl (C=O) groups excluding carboxylic acids is 1. The molecular weight excluding hydrogens is 318 g/mol. The Bertz CT molecular complexity index is 904. The molecule has 0 unspecified atom stereocenters. The Hall–Kier alpha value is -3.22. The molecule has 0 aliphatic heterocycles. The first kappa shape index (κ1) is 16.6. The number of hydrogen-bond acceptors (Lipinski definition) is 6. The van der Waals surface area contributed by atoms with Crippen molar-refractivity contribution in [1.29, 1.82) is 0 Å². The van der Waals surface area contributed by atoms with Crippen molar-refractivity contribution in [3.63, 3.8) is 0 Å². The van der Waals surface area contributed by atoms with Gasteiger partial charge in [0.1, 0.15) is 23.6 Å². The summed E-state index contributed by atoms with van der Waals surface area (Å²) in [6.45, 7) is 5.82. The molecule has 0 radical (unpaired) electrons. The molecule has 0 saturated heterocycles. The van der Waals surface area contributed by atoms with E-state index in [2.05, 4.69) is 32.7 Å². The zero-order valence-electron chi connectivity index (χ0n) is 14.3. The Balaban J connectivity index is 1.80. The predicted molar refractivity (Wildman–Crippen MR) is 95.1 cm³/mol. The van der Waals surface area contributed by atoms with Crippen molar-refractivity contribution in [3.05, 3.63) is 59.2 Å². The highest BCUT2D eigenvalue weighted by Crippen LogP contribution is 2.22. The van der Waals surface area contributed by atoms with Gasteiger partial charge in [0.05, 0.1) is 0 Å². The first-order valence-electron chi connectivity index (χ1n) is 7.99. The molecule has 0 saturated carbocycles. The number of benzene rings is 1. The number of nitrogens with zero attached hydrogens (tertiary/aromatic N) is 3. The number of amides is 1. The van der Waals surface area contributed by atoms with E-state index < -0.39 is 0 Å². The lowest BCUT2D eigenvalue weighted by atomic mass is 10.1. The van der Waals surface area contributed by atoms with Gasteiger partial charge in [-0.15, -0.1) is 0 Å². The molecule has 3 aromatic rings. The molecule has 3 rings (SSSR count). The van der Waals surface area contributed by atoms with Crippen LogP contribution in [0.2, 0.25) is 0 Å². The van der Waals surface area contributed by atoms with E-state index in [9.17, 15) is 4.79 Å². The molecule has 7 heteroatoms. The second-order valence-corrected chi connectivity index (χ2v) is 5.65. The van der Waals surface area contributed by atoms with Gasteiger partial charge < -0.3 is 15.2 Å². The number of aromatic nitrogens is 3. The van der Waals surface area contributed by atoms with E-state index in [4.69, 9.17) is 4.52 Å². The summed E-state index contributed by atoms with van der Waals surface area (Å²) in [5, 5.41) is 9.77. The van der Waals surface area contributed by atoms with E-state index in [1.807, 2.05) is 25.1 Å². The Morgan fingerprint density at radius 1 is 1.16 bits per heavy atom. The number of anilines is 3.